The molecule has 2 rings (SSSR count). The number of aromatic nitrogens is 1. The molecule has 4 nitrogen and oxygen atoms in total. The lowest BCUT2D eigenvalue weighted by Gasteiger charge is -2.15. The molecule has 0 aliphatic rings. The van der Waals surface area contributed by atoms with E-state index in [2.05, 4.69) is 4.98 Å². The molecular weight excluding hydrogens is 230 g/mol. The lowest BCUT2D eigenvalue weighted by Crippen LogP contribution is -2.04. The molecule has 0 radical (unpaired) electrons. The first-order valence-corrected chi connectivity index (χ1v) is 5.57. The zero-order valence-electron chi connectivity index (χ0n) is 10.3. The van der Waals surface area contributed by atoms with E-state index in [0.717, 1.165) is 0 Å². The van der Waals surface area contributed by atoms with Gasteiger partial charge < -0.3 is 14.6 Å². The SMILES string of the molecule is COc1ccc([C@@H](O)c2ccccn2)c(OC)c1. The first-order chi connectivity index (χ1) is 8.76. The highest BCUT2D eigenvalue weighted by atomic mass is 16.5. The zero-order valence-corrected chi connectivity index (χ0v) is 10.3. The maximum Gasteiger partial charge on any atom is 0.128 e. The fraction of sp³-hybridized carbons (Fsp3) is 0.214. The molecule has 0 amide bonds. The van der Waals surface area contributed by atoms with E-state index in [1.165, 1.54) is 0 Å². The summed E-state index contributed by atoms with van der Waals surface area (Å²) in [6.07, 6.45) is 0.834. The molecule has 0 saturated carbocycles. The van der Waals surface area contributed by atoms with Crippen LogP contribution in [0.15, 0.2) is 42.6 Å². The summed E-state index contributed by atoms with van der Waals surface area (Å²) in [6.45, 7) is 0. The van der Waals surface area contributed by atoms with Crippen LogP contribution in [-0.4, -0.2) is 24.3 Å². The van der Waals surface area contributed by atoms with Crippen LogP contribution in [0.3, 0.4) is 0 Å². The number of benzene rings is 1. The quantitative estimate of drug-likeness (QED) is 0.897. The van der Waals surface area contributed by atoms with Crippen molar-refractivity contribution in [1.29, 1.82) is 0 Å². The molecule has 1 atom stereocenters. The summed E-state index contributed by atoms with van der Waals surface area (Å²) in [4.78, 5) is 4.14. The smallest absolute Gasteiger partial charge is 0.128 e. The second-order valence-electron chi connectivity index (χ2n) is 3.77. The average molecular weight is 245 g/mol. The van der Waals surface area contributed by atoms with Gasteiger partial charge in [-0.15, -0.1) is 0 Å². The molecule has 1 N–H and O–H groups in total. The summed E-state index contributed by atoms with van der Waals surface area (Å²) in [5.41, 5.74) is 1.25. The molecular formula is C14H15NO3. The van der Waals surface area contributed by atoms with Crippen LogP contribution < -0.4 is 9.47 Å². The number of nitrogens with zero attached hydrogens (tertiary/aromatic N) is 1. The maximum atomic E-state index is 10.3. The van der Waals surface area contributed by atoms with Gasteiger partial charge in [0.2, 0.25) is 0 Å². The van der Waals surface area contributed by atoms with Gasteiger partial charge in [0.15, 0.2) is 0 Å². The van der Waals surface area contributed by atoms with Crippen molar-refractivity contribution >= 4 is 0 Å². The summed E-state index contributed by atoms with van der Waals surface area (Å²) < 4.78 is 10.4. The van der Waals surface area contributed by atoms with Crippen LogP contribution >= 0.6 is 0 Å². The van der Waals surface area contributed by atoms with Gasteiger partial charge >= 0.3 is 0 Å². The van der Waals surface area contributed by atoms with Gasteiger partial charge in [-0.05, 0) is 24.3 Å². The minimum atomic E-state index is -0.813. The van der Waals surface area contributed by atoms with Crippen LogP contribution in [0.1, 0.15) is 17.4 Å². The Morgan fingerprint density at radius 3 is 2.56 bits per heavy atom. The van der Waals surface area contributed by atoms with Crippen LogP contribution in [0.25, 0.3) is 0 Å². The fourth-order valence-corrected chi connectivity index (χ4v) is 1.74. The number of aliphatic hydroxyl groups is 1. The van der Waals surface area contributed by atoms with Crippen LogP contribution in [0.4, 0.5) is 0 Å². The van der Waals surface area contributed by atoms with Crippen molar-refractivity contribution < 1.29 is 14.6 Å². The molecule has 0 spiro atoms. The molecule has 1 aromatic heterocycles. The Morgan fingerprint density at radius 1 is 1.11 bits per heavy atom. The van der Waals surface area contributed by atoms with Crippen molar-refractivity contribution in [2.75, 3.05) is 14.2 Å². The Hall–Kier alpha value is -2.07. The largest absolute Gasteiger partial charge is 0.497 e. The topological polar surface area (TPSA) is 51.6 Å². The molecule has 1 aromatic carbocycles. The van der Waals surface area contributed by atoms with Crippen LogP contribution in [0.2, 0.25) is 0 Å². The number of pyridine rings is 1. The van der Waals surface area contributed by atoms with Gasteiger partial charge in [0.05, 0.1) is 19.9 Å². The third kappa shape index (κ3) is 2.43. The number of aliphatic hydroxyl groups excluding tert-OH is 1. The molecule has 0 aliphatic carbocycles. The third-order valence-electron chi connectivity index (χ3n) is 2.70. The summed E-state index contributed by atoms with van der Waals surface area (Å²) in [5, 5.41) is 10.3. The lowest BCUT2D eigenvalue weighted by molar-refractivity contribution is 0.209. The summed E-state index contributed by atoms with van der Waals surface area (Å²) in [5.74, 6) is 1.26. The molecule has 0 unspecified atom stereocenters. The van der Waals surface area contributed by atoms with E-state index in [1.807, 2.05) is 12.1 Å². The molecule has 0 saturated heterocycles. The fourth-order valence-electron chi connectivity index (χ4n) is 1.74. The van der Waals surface area contributed by atoms with E-state index in [-0.39, 0.29) is 0 Å². The Morgan fingerprint density at radius 2 is 1.94 bits per heavy atom. The summed E-state index contributed by atoms with van der Waals surface area (Å²) in [7, 11) is 3.15. The van der Waals surface area contributed by atoms with Crippen LogP contribution in [0.5, 0.6) is 11.5 Å². The van der Waals surface area contributed by atoms with E-state index in [0.29, 0.717) is 22.8 Å². The first kappa shape index (κ1) is 12.4. The minimum Gasteiger partial charge on any atom is -0.497 e. The Kier molecular flexibility index (Phi) is 3.79. The van der Waals surface area contributed by atoms with Crippen molar-refractivity contribution in [3.05, 3.63) is 53.9 Å². The summed E-state index contributed by atoms with van der Waals surface area (Å²) >= 11 is 0. The lowest BCUT2D eigenvalue weighted by atomic mass is 10.0. The van der Waals surface area contributed by atoms with Gasteiger partial charge in [0, 0.05) is 17.8 Å². The standard InChI is InChI=1S/C14H15NO3/c1-17-10-6-7-11(13(9-10)18-2)14(16)12-5-3-4-8-15-12/h3-9,14,16H,1-2H3/t14-/m1/s1. The van der Waals surface area contributed by atoms with E-state index >= 15 is 0 Å². The van der Waals surface area contributed by atoms with Gasteiger partial charge in [0.1, 0.15) is 17.6 Å². The first-order valence-electron chi connectivity index (χ1n) is 5.57. The molecule has 0 bridgehead atoms. The highest BCUT2D eigenvalue weighted by molar-refractivity contribution is 5.44. The van der Waals surface area contributed by atoms with Crippen molar-refractivity contribution in [3.8, 4) is 11.5 Å². The van der Waals surface area contributed by atoms with Crippen molar-refractivity contribution in [2.24, 2.45) is 0 Å². The van der Waals surface area contributed by atoms with E-state index in [1.54, 1.807) is 44.7 Å². The number of hydrogen-bond acceptors (Lipinski definition) is 4. The van der Waals surface area contributed by atoms with Gasteiger partial charge in [0.25, 0.3) is 0 Å². The number of ether oxygens (including phenoxy) is 2. The average Bonchev–Trinajstić information content (AvgIpc) is 2.46. The highest BCUT2D eigenvalue weighted by Gasteiger charge is 2.16. The molecule has 94 valence electrons. The Labute approximate surface area is 106 Å². The van der Waals surface area contributed by atoms with Crippen LogP contribution in [0, 0.1) is 0 Å². The monoisotopic (exact) mass is 245 g/mol. The Bertz CT molecular complexity index is 514. The molecule has 0 fully saturated rings. The third-order valence-corrected chi connectivity index (χ3v) is 2.70. The van der Waals surface area contributed by atoms with Crippen molar-refractivity contribution in [2.45, 2.75) is 6.10 Å². The normalized spacial score (nSPS) is 11.9. The van der Waals surface area contributed by atoms with Crippen molar-refractivity contribution in [3.63, 3.8) is 0 Å². The second-order valence-corrected chi connectivity index (χ2v) is 3.77. The number of methoxy groups -OCH3 is 2. The van der Waals surface area contributed by atoms with E-state index < -0.39 is 6.10 Å². The molecule has 0 aliphatic heterocycles. The van der Waals surface area contributed by atoms with Gasteiger partial charge in [-0.2, -0.15) is 0 Å². The van der Waals surface area contributed by atoms with E-state index in [4.69, 9.17) is 9.47 Å². The second kappa shape index (κ2) is 5.51. The number of rotatable bonds is 4. The minimum absolute atomic E-state index is 0.576. The Balaban J connectivity index is 2.38. The zero-order chi connectivity index (χ0) is 13.0. The van der Waals surface area contributed by atoms with Gasteiger partial charge in [-0.1, -0.05) is 6.07 Å². The van der Waals surface area contributed by atoms with Gasteiger partial charge in [-0.25, -0.2) is 0 Å². The molecule has 18 heavy (non-hydrogen) atoms. The maximum absolute atomic E-state index is 10.3. The molecule has 4 heteroatoms. The predicted molar refractivity (Wildman–Crippen MR) is 67.8 cm³/mol. The van der Waals surface area contributed by atoms with Crippen LogP contribution in [-0.2, 0) is 0 Å². The highest BCUT2D eigenvalue weighted by Crippen LogP contribution is 2.31. The number of hydrogen-bond donors (Lipinski definition) is 1. The van der Waals surface area contributed by atoms with Gasteiger partial charge in [-0.3, -0.25) is 4.98 Å². The molecule has 1 heterocycles. The van der Waals surface area contributed by atoms with Crippen molar-refractivity contribution in [1.82, 2.24) is 4.98 Å². The predicted octanol–water partition coefficient (Wildman–Crippen LogP) is 2.18. The molecule has 2 aromatic rings. The summed E-state index contributed by atoms with van der Waals surface area (Å²) in [6, 6.07) is 10.7. The van der Waals surface area contributed by atoms with E-state index in [9.17, 15) is 5.11 Å².